The van der Waals surface area contributed by atoms with Crippen LogP contribution < -0.4 is 0 Å². The highest BCUT2D eigenvalue weighted by Crippen LogP contribution is 2.23. The van der Waals surface area contributed by atoms with Crippen LogP contribution in [0.2, 0.25) is 0 Å². The molecule has 1 saturated heterocycles. The van der Waals surface area contributed by atoms with E-state index < -0.39 is 0 Å². The molecule has 94 valence electrons. The SMILES string of the molecule is N#CC1CCN(C(=O)c2ccc(I)c(O)c2)CC1. The van der Waals surface area contributed by atoms with Gasteiger partial charge in [0.25, 0.3) is 5.91 Å². The average molecular weight is 356 g/mol. The molecule has 1 aromatic rings. The van der Waals surface area contributed by atoms with E-state index in [1.807, 2.05) is 22.6 Å². The standard InChI is InChI=1S/C13H13IN2O2/c14-11-2-1-10(7-12(11)17)13(18)16-5-3-9(8-15)4-6-16/h1-2,7,9,17H,3-6H2. The highest BCUT2D eigenvalue weighted by Gasteiger charge is 2.23. The van der Waals surface area contributed by atoms with Crippen LogP contribution in [0, 0.1) is 20.8 Å². The third-order valence-electron chi connectivity index (χ3n) is 3.16. The monoisotopic (exact) mass is 356 g/mol. The number of hydrogen-bond donors (Lipinski definition) is 1. The second-order valence-electron chi connectivity index (χ2n) is 4.36. The van der Waals surface area contributed by atoms with Gasteiger partial charge in [-0.1, -0.05) is 0 Å². The number of carbonyl (C=O) groups excluding carboxylic acids is 1. The number of amides is 1. The molecule has 1 aromatic carbocycles. The van der Waals surface area contributed by atoms with Crippen molar-refractivity contribution >= 4 is 28.5 Å². The van der Waals surface area contributed by atoms with Crippen molar-refractivity contribution in [1.82, 2.24) is 4.90 Å². The number of piperidine rings is 1. The molecule has 0 radical (unpaired) electrons. The van der Waals surface area contributed by atoms with Crippen LogP contribution in [-0.4, -0.2) is 29.0 Å². The Hall–Kier alpha value is -1.29. The number of rotatable bonds is 1. The van der Waals surface area contributed by atoms with Gasteiger partial charge >= 0.3 is 0 Å². The minimum absolute atomic E-state index is 0.0687. The smallest absolute Gasteiger partial charge is 0.253 e. The molecule has 1 aliphatic rings. The minimum atomic E-state index is -0.0712. The highest BCUT2D eigenvalue weighted by atomic mass is 127. The number of nitrogens with zero attached hydrogens (tertiary/aromatic N) is 2. The fraction of sp³-hybridized carbons (Fsp3) is 0.385. The predicted octanol–water partition coefficient (Wildman–Crippen LogP) is 2.37. The topological polar surface area (TPSA) is 64.3 Å². The van der Waals surface area contributed by atoms with E-state index in [1.54, 1.807) is 17.0 Å². The van der Waals surface area contributed by atoms with E-state index in [1.165, 1.54) is 6.07 Å². The van der Waals surface area contributed by atoms with Crippen molar-refractivity contribution in [1.29, 1.82) is 5.26 Å². The summed E-state index contributed by atoms with van der Waals surface area (Å²) in [5, 5.41) is 18.4. The number of halogens is 1. The molecule has 0 bridgehead atoms. The van der Waals surface area contributed by atoms with Gasteiger partial charge in [-0.15, -0.1) is 0 Å². The molecule has 18 heavy (non-hydrogen) atoms. The molecule has 0 atom stereocenters. The van der Waals surface area contributed by atoms with Crippen LogP contribution in [0.4, 0.5) is 0 Å². The van der Waals surface area contributed by atoms with Crippen LogP contribution in [0.5, 0.6) is 5.75 Å². The van der Waals surface area contributed by atoms with E-state index in [0.29, 0.717) is 18.7 Å². The normalized spacial score (nSPS) is 16.3. The van der Waals surface area contributed by atoms with E-state index in [2.05, 4.69) is 6.07 Å². The number of benzene rings is 1. The Bertz CT molecular complexity index is 502. The lowest BCUT2D eigenvalue weighted by Gasteiger charge is -2.29. The van der Waals surface area contributed by atoms with Crippen LogP contribution in [0.15, 0.2) is 18.2 Å². The summed E-state index contributed by atoms with van der Waals surface area (Å²) in [7, 11) is 0. The largest absolute Gasteiger partial charge is 0.507 e. The second kappa shape index (κ2) is 5.57. The van der Waals surface area contributed by atoms with Gasteiger partial charge < -0.3 is 10.0 Å². The lowest BCUT2D eigenvalue weighted by Crippen LogP contribution is -2.38. The zero-order valence-electron chi connectivity index (χ0n) is 9.77. The number of nitriles is 1. The Morgan fingerprint density at radius 3 is 2.67 bits per heavy atom. The Morgan fingerprint density at radius 1 is 1.44 bits per heavy atom. The van der Waals surface area contributed by atoms with Gasteiger partial charge in [-0.05, 0) is 53.6 Å². The Balaban J connectivity index is 2.08. The molecule has 2 rings (SSSR count). The zero-order valence-corrected chi connectivity index (χ0v) is 11.9. The summed E-state index contributed by atoms with van der Waals surface area (Å²) in [4.78, 5) is 13.9. The molecule has 1 N–H and O–H groups in total. The summed E-state index contributed by atoms with van der Waals surface area (Å²) in [6.45, 7) is 1.23. The Morgan fingerprint density at radius 2 is 2.11 bits per heavy atom. The van der Waals surface area contributed by atoms with Gasteiger partial charge in [-0.25, -0.2) is 0 Å². The van der Waals surface area contributed by atoms with Crippen molar-refractivity contribution in [3.05, 3.63) is 27.3 Å². The molecule has 0 aromatic heterocycles. The first-order valence-corrected chi connectivity index (χ1v) is 6.87. The van der Waals surface area contributed by atoms with Crippen molar-refractivity contribution in [3.63, 3.8) is 0 Å². The second-order valence-corrected chi connectivity index (χ2v) is 5.52. The average Bonchev–Trinajstić information content (AvgIpc) is 2.41. The van der Waals surface area contributed by atoms with E-state index in [-0.39, 0.29) is 17.6 Å². The van der Waals surface area contributed by atoms with Gasteiger partial charge in [0.05, 0.1) is 9.64 Å². The van der Waals surface area contributed by atoms with Crippen LogP contribution in [0.3, 0.4) is 0 Å². The van der Waals surface area contributed by atoms with Crippen molar-refractivity contribution in [2.45, 2.75) is 12.8 Å². The molecule has 1 amide bonds. The van der Waals surface area contributed by atoms with Gasteiger partial charge in [-0.3, -0.25) is 4.79 Å². The van der Waals surface area contributed by atoms with E-state index in [0.717, 1.165) is 16.4 Å². The summed E-state index contributed by atoms with van der Waals surface area (Å²) in [6, 6.07) is 7.19. The van der Waals surface area contributed by atoms with Crippen molar-refractivity contribution in [2.75, 3.05) is 13.1 Å². The van der Waals surface area contributed by atoms with Crippen LogP contribution >= 0.6 is 22.6 Å². The van der Waals surface area contributed by atoms with E-state index in [4.69, 9.17) is 5.26 Å². The number of likely N-dealkylation sites (tertiary alicyclic amines) is 1. The summed E-state index contributed by atoms with van der Waals surface area (Å²) < 4.78 is 0.729. The number of carbonyl (C=O) groups is 1. The van der Waals surface area contributed by atoms with Gasteiger partial charge in [0, 0.05) is 24.6 Å². The number of aromatic hydroxyl groups is 1. The third kappa shape index (κ3) is 2.75. The first-order chi connectivity index (χ1) is 8.61. The maximum Gasteiger partial charge on any atom is 0.253 e. The maximum atomic E-state index is 12.2. The molecular weight excluding hydrogens is 343 g/mol. The first-order valence-electron chi connectivity index (χ1n) is 5.79. The van der Waals surface area contributed by atoms with Crippen LogP contribution in [-0.2, 0) is 0 Å². The Labute approximate surface area is 119 Å². The van der Waals surface area contributed by atoms with Gasteiger partial charge in [0.1, 0.15) is 5.75 Å². The Kier molecular flexibility index (Phi) is 4.07. The molecule has 1 heterocycles. The number of phenolic OH excluding ortho intramolecular Hbond substituents is 1. The van der Waals surface area contributed by atoms with E-state index in [9.17, 15) is 9.90 Å². The van der Waals surface area contributed by atoms with Crippen LogP contribution in [0.25, 0.3) is 0 Å². The van der Waals surface area contributed by atoms with Gasteiger partial charge in [0.15, 0.2) is 0 Å². The number of phenols is 1. The molecule has 0 saturated carbocycles. The minimum Gasteiger partial charge on any atom is -0.507 e. The van der Waals surface area contributed by atoms with Gasteiger partial charge in [-0.2, -0.15) is 5.26 Å². The summed E-state index contributed by atoms with van der Waals surface area (Å²) in [6.07, 6.45) is 1.47. The zero-order chi connectivity index (χ0) is 13.1. The van der Waals surface area contributed by atoms with Crippen molar-refractivity contribution < 1.29 is 9.90 Å². The first kappa shape index (κ1) is 13.1. The van der Waals surface area contributed by atoms with Crippen molar-refractivity contribution in [2.24, 2.45) is 5.92 Å². The molecule has 1 aliphatic heterocycles. The third-order valence-corrected chi connectivity index (χ3v) is 4.07. The molecule has 1 fully saturated rings. The predicted molar refractivity (Wildman–Crippen MR) is 75.1 cm³/mol. The maximum absolute atomic E-state index is 12.2. The highest BCUT2D eigenvalue weighted by molar-refractivity contribution is 14.1. The summed E-state index contributed by atoms with van der Waals surface area (Å²) in [5.74, 6) is 0.130. The molecule has 5 heteroatoms. The lowest BCUT2D eigenvalue weighted by molar-refractivity contribution is 0.0707. The molecule has 0 aliphatic carbocycles. The molecule has 0 spiro atoms. The fourth-order valence-electron chi connectivity index (χ4n) is 2.04. The summed E-state index contributed by atoms with van der Waals surface area (Å²) >= 11 is 2.02. The summed E-state index contributed by atoms with van der Waals surface area (Å²) in [5.41, 5.74) is 0.503. The molecule has 0 unspecified atom stereocenters. The quantitative estimate of drug-likeness (QED) is 0.786. The number of hydrogen-bond acceptors (Lipinski definition) is 3. The van der Waals surface area contributed by atoms with E-state index >= 15 is 0 Å². The fourth-order valence-corrected chi connectivity index (χ4v) is 2.38. The molecule has 4 nitrogen and oxygen atoms in total. The van der Waals surface area contributed by atoms with Crippen LogP contribution in [0.1, 0.15) is 23.2 Å². The lowest BCUT2D eigenvalue weighted by atomic mass is 9.98. The van der Waals surface area contributed by atoms with Gasteiger partial charge in [0.2, 0.25) is 0 Å². The van der Waals surface area contributed by atoms with Crippen molar-refractivity contribution in [3.8, 4) is 11.8 Å². The molecular formula is C13H13IN2O2.